The number of carbonyl (C=O) groups excluding carboxylic acids is 2. The summed E-state index contributed by atoms with van der Waals surface area (Å²) in [6, 6.07) is 5.75. The molecule has 0 fully saturated rings. The van der Waals surface area contributed by atoms with Gasteiger partial charge in [-0.15, -0.1) is 0 Å². The number of rotatable bonds is 6. The summed E-state index contributed by atoms with van der Waals surface area (Å²) >= 11 is 5.89. The zero-order chi connectivity index (χ0) is 18.6. The number of benzene rings is 1. The van der Waals surface area contributed by atoms with Crippen molar-refractivity contribution in [2.45, 2.75) is 25.8 Å². The monoisotopic (exact) mass is 366 g/mol. The van der Waals surface area contributed by atoms with Crippen molar-refractivity contribution in [3.05, 3.63) is 46.1 Å². The van der Waals surface area contributed by atoms with Crippen molar-refractivity contribution in [3.63, 3.8) is 0 Å². The molecular formula is C17H19ClN2O5. The van der Waals surface area contributed by atoms with E-state index in [1.165, 1.54) is 12.0 Å². The van der Waals surface area contributed by atoms with Crippen LogP contribution < -0.4 is 5.32 Å². The molecule has 8 heteroatoms. The van der Waals surface area contributed by atoms with Gasteiger partial charge in [-0.05, 0) is 31.0 Å². The molecule has 1 aliphatic rings. The molecule has 2 rings (SSSR count). The number of carboxylic acid groups (broad SMARTS) is 1. The minimum atomic E-state index is -0.939. The lowest BCUT2D eigenvalue weighted by Crippen LogP contribution is -2.48. The highest BCUT2D eigenvalue weighted by atomic mass is 35.5. The quantitative estimate of drug-likeness (QED) is 0.754. The lowest BCUT2D eigenvalue weighted by atomic mass is 9.95. The van der Waals surface area contributed by atoms with E-state index in [2.05, 4.69) is 5.32 Å². The Labute approximate surface area is 150 Å². The largest absolute Gasteiger partial charge is 0.481 e. The Balaban J connectivity index is 2.37. The van der Waals surface area contributed by atoms with E-state index in [4.69, 9.17) is 21.4 Å². The van der Waals surface area contributed by atoms with E-state index in [1.54, 1.807) is 31.2 Å². The van der Waals surface area contributed by atoms with Crippen LogP contribution >= 0.6 is 11.6 Å². The molecule has 2 N–H and O–H groups in total. The van der Waals surface area contributed by atoms with Gasteiger partial charge in [0, 0.05) is 23.7 Å². The Bertz CT molecular complexity index is 714. The number of ether oxygens (including phenoxy) is 1. The van der Waals surface area contributed by atoms with Crippen LogP contribution in [0.3, 0.4) is 0 Å². The number of hydrogen-bond acceptors (Lipinski definition) is 4. The van der Waals surface area contributed by atoms with Crippen molar-refractivity contribution in [1.29, 1.82) is 0 Å². The van der Waals surface area contributed by atoms with E-state index in [9.17, 15) is 14.4 Å². The second-order valence-electron chi connectivity index (χ2n) is 5.57. The van der Waals surface area contributed by atoms with Gasteiger partial charge in [-0.1, -0.05) is 23.7 Å². The van der Waals surface area contributed by atoms with Gasteiger partial charge in [0.25, 0.3) is 0 Å². The minimum absolute atomic E-state index is 0.0643. The van der Waals surface area contributed by atoms with Crippen LogP contribution in [-0.4, -0.2) is 41.6 Å². The number of esters is 1. The van der Waals surface area contributed by atoms with Gasteiger partial charge in [-0.2, -0.15) is 0 Å². The van der Waals surface area contributed by atoms with Gasteiger partial charge in [0.15, 0.2) is 0 Å². The summed E-state index contributed by atoms with van der Waals surface area (Å²) in [6.45, 7) is 1.84. The van der Waals surface area contributed by atoms with E-state index < -0.39 is 24.0 Å². The number of allylic oxidation sites excluding steroid dienone is 1. The molecule has 134 valence electrons. The number of hydrogen-bond donors (Lipinski definition) is 2. The highest BCUT2D eigenvalue weighted by Gasteiger charge is 2.35. The number of amides is 2. The molecule has 0 unspecified atom stereocenters. The summed E-state index contributed by atoms with van der Waals surface area (Å²) in [5.41, 5.74) is 1.45. The van der Waals surface area contributed by atoms with Crippen LogP contribution in [0.25, 0.3) is 0 Å². The molecule has 0 spiro atoms. The van der Waals surface area contributed by atoms with Crippen molar-refractivity contribution < 1.29 is 24.2 Å². The third kappa shape index (κ3) is 4.30. The summed E-state index contributed by atoms with van der Waals surface area (Å²) in [7, 11) is 1.27. The number of aliphatic carboxylic acids is 1. The van der Waals surface area contributed by atoms with Gasteiger partial charge >= 0.3 is 18.0 Å². The molecule has 1 aromatic rings. The van der Waals surface area contributed by atoms with Crippen molar-refractivity contribution in [2.24, 2.45) is 0 Å². The molecular weight excluding hydrogens is 348 g/mol. The lowest BCUT2D eigenvalue weighted by molar-refractivity contribution is -0.138. The van der Waals surface area contributed by atoms with Crippen LogP contribution in [0.15, 0.2) is 35.5 Å². The Morgan fingerprint density at radius 1 is 1.32 bits per heavy atom. The van der Waals surface area contributed by atoms with Crippen LogP contribution in [0, 0.1) is 0 Å². The summed E-state index contributed by atoms with van der Waals surface area (Å²) in [5, 5.41) is 12.1. The first-order valence-electron chi connectivity index (χ1n) is 7.69. The second-order valence-corrected chi connectivity index (χ2v) is 6.01. The number of nitrogens with zero attached hydrogens (tertiary/aromatic N) is 1. The molecule has 0 bridgehead atoms. The number of methoxy groups -OCH3 is 1. The number of nitrogens with one attached hydrogen (secondary N) is 1. The van der Waals surface area contributed by atoms with Crippen LogP contribution in [0.4, 0.5) is 4.79 Å². The predicted molar refractivity (Wildman–Crippen MR) is 91.0 cm³/mol. The highest BCUT2D eigenvalue weighted by Crippen LogP contribution is 2.31. The Kier molecular flexibility index (Phi) is 6.03. The molecule has 1 atom stereocenters. The van der Waals surface area contributed by atoms with E-state index in [-0.39, 0.29) is 19.4 Å². The molecule has 1 heterocycles. The molecule has 1 aromatic carbocycles. The summed E-state index contributed by atoms with van der Waals surface area (Å²) in [5.74, 6) is -1.49. The van der Waals surface area contributed by atoms with Crippen LogP contribution in [0.1, 0.15) is 31.4 Å². The maximum absolute atomic E-state index is 12.4. The van der Waals surface area contributed by atoms with Gasteiger partial charge in [0.1, 0.15) is 0 Å². The third-order valence-corrected chi connectivity index (χ3v) is 4.23. The summed E-state index contributed by atoms with van der Waals surface area (Å²) < 4.78 is 4.87. The first-order valence-corrected chi connectivity index (χ1v) is 8.07. The fraction of sp³-hybridized carbons (Fsp3) is 0.353. The van der Waals surface area contributed by atoms with Gasteiger partial charge in [-0.3, -0.25) is 9.69 Å². The normalized spacial score (nSPS) is 17.3. The highest BCUT2D eigenvalue weighted by molar-refractivity contribution is 6.30. The average Bonchev–Trinajstić information content (AvgIpc) is 2.57. The zero-order valence-corrected chi connectivity index (χ0v) is 14.7. The predicted octanol–water partition coefficient (Wildman–Crippen LogP) is 2.72. The minimum Gasteiger partial charge on any atom is -0.481 e. The Morgan fingerprint density at radius 3 is 2.52 bits per heavy atom. The molecule has 1 aliphatic heterocycles. The van der Waals surface area contributed by atoms with Crippen LogP contribution in [0.2, 0.25) is 5.02 Å². The number of carboxylic acids is 1. The number of halogens is 1. The molecule has 7 nitrogen and oxygen atoms in total. The van der Waals surface area contributed by atoms with Crippen LogP contribution in [0.5, 0.6) is 0 Å². The molecule has 2 amide bonds. The first-order chi connectivity index (χ1) is 11.8. The van der Waals surface area contributed by atoms with Gasteiger partial charge in [0.05, 0.1) is 18.7 Å². The first kappa shape index (κ1) is 18.8. The second kappa shape index (κ2) is 8.02. The van der Waals surface area contributed by atoms with E-state index in [0.29, 0.717) is 21.9 Å². The Morgan fingerprint density at radius 2 is 1.96 bits per heavy atom. The van der Waals surface area contributed by atoms with Crippen LogP contribution in [-0.2, 0) is 14.3 Å². The molecule has 0 aromatic heterocycles. The maximum atomic E-state index is 12.4. The molecule has 0 saturated carbocycles. The SMILES string of the molecule is COC(=O)C1=C(C)N(CCCC(=O)O)C(=O)N[C@@H]1c1ccc(Cl)cc1. The number of urea groups is 1. The van der Waals surface area contributed by atoms with Crippen molar-refractivity contribution in [3.8, 4) is 0 Å². The molecule has 0 saturated heterocycles. The van der Waals surface area contributed by atoms with E-state index >= 15 is 0 Å². The van der Waals surface area contributed by atoms with Crippen molar-refractivity contribution in [2.75, 3.05) is 13.7 Å². The summed E-state index contributed by atoms with van der Waals surface area (Å²) in [6.07, 6.45) is 0.214. The maximum Gasteiger partial charge on any atom is 0.337 e. The molecule has 0 aliphatic carbocycles. The van der Waals surface area contributed by atoms with Gasteiger partial charge < -0.3 is 15.2 Å². The fourth-order valence-corrected chi connectivity index (χ4v) is 2.84. The summed E-state index contributed by atoms with van der Waals surface area (Å²) in [4.78, 5) is 36.8. The Hall–Kier alpha value is -2.54. The van der Waals surface area contributed by atoms with Gasteiger partial charge in [-0.25, -0.2) is 9.59 Å². The molecule has 25 heavy (non-hydrogen) atoms. The average molecular weight is 367 g/mol. The van der Waals surface area contributed by atoms with Crippen molar-refractivity contribution >= 4 is 29.6 Å². The molecule has 0 radical (unpaired) electrons. The third-order valence-electron chi connectivity index (χ3n) is 3.98. The lowest BCUT2D eigenvalue weighted by Gasteiger charge is -2.35. The fourth-order valence-electron chi connectivity index (χ4n) is 2.72. The topological polar surface area (TPSA) is 95.9 Å². The van der Waals surface area contributed by atoms with E-state index in [0.717, 1.165) is 0 Å². The van der Waals surface area contributed by atoms with Crippen molar-refractivity contribution in [1.82, 2.24) is 10.2 Å². The zero-order valence-electron chi connectivity index (χ0n) is 13.9. The number of carbonyl (C=O) groups is 3. The smallest absolute Gasteiger partial charge is 0.337 e. The van der Waals surface area contributed by atoms with E-state index in [1.807, 2.05) is 0 Å². The van der Waals surface area contributed by atoms with Gasteiger partial charge in [0.2, 0.25) is 0 Å². The standard InChI is InChI=1S/C17H19ClN2O5/c1-10-14(16(23)25-2)15(11-5-7-12(18)8-6-11)19-17(24)20(10)9-3-4-13(21)22/h5-8,15H,3-4,9H2,1-2H3,(H,19,24)(H,21,22)/t15-/m1/s1.